The normalized spacial score (nSPS) is 11.4. The fourth-order valence-corrected chi connectivity index (χ4v) is 4.23. The number of nitrogens with one attached hydrogen (secondary N) is 1. The van der Waals surface area contributed by atoms with Crippen molar-refractivity contribution < 1.29 is 17.9 Å². The van der Waals surface area contributed by atoms with Crippen molar-refractivity contribution in [3.8, 4) is 5.75 Å². The van der Waals surface area contributed by atoms with E-state index in [0.717, 1.165) is 20.9 Å². The Kier molecular flexibility index (Phi) is 6.36. The number of para-hydroxylation sites is 1. The molecule has 0 bridgehead atoms. The first-order chi connectivity index (χ1) is 13.8. The van der Waals surface area contributed by atoms with Gasteiger partial charge in [0.2, 0.25) is 15.9 Å². The number of carbonyl (C=O) groups excluding carboxylic acids is 1. The Hall–Kier alpha value is -2.69. The van der Waals surface area contributed by atoms with Gasteiger partial charge in [-0.15, -0.1) is 0 Å². The molecule has 1 amide bonds. The van der Waals surface area contributed by atoms with Crippen molar-refractivity contribution in [3.63, 3.8) is 0 Å². The minimum atomic E-state index is -3.70. The van der Waals surface area contributed by atoms with Gasteiger partial charge in [-0.05, 0) is 36.2 Å². The molecule has 0 atom stereocenters. The number of primary sulfonamides is 1. The van der Waals surface area contributed by atoms with Gasteiger partial charge in [-0.25, -0.2) is 18.5 Å². The summed E-state index contributed by atoms with van der Waals surface area (Å²) in [7, 11) is -0.276. The number of hydrogen-bond donors (Lipinski definition) is 2. The highest BCUT2D eigenvalue weighted by atomic mass is 32.2. The number of methoxy groups -OCH3 is 1. The quantitative estimate of drug-likeness (QED) is 0.558. The molecule has 10 heteroatoms. The molecule has 0 unspecified atom stereocenters. The van der Waals surface area contributed by atoms with Crippen molar-refractivity contribution in [2.24, 2.45) is 5.14 Å². The number of aromatic nitrogens is 1. The smallest absolute Gasteiger partial charge is 0.239 e. The molecule has 0 aliphatic carbocycles. The zero-order valence-electron chi connectivity index (χ0n) is 16.1. The predicted octanol–water partition coefficient (Wildman–Crippen LogP) is 1.75. The lowest BCUT2D eigenvalue weighted by Gasteiger charge is -2.15. The van der Waals surface area contributed by atoms with E-state index in [-0.39, 0.29) is 17.3 Å². The Bertz CT molecular complexity index is 1110. The highest BCUT2D eigenvalue weighted by molar-refractivity contribution is 7.89. The molecule has 0 aliphatic rings. The van der Waals surface area contributed by atoms with Crippen LogP contribution in [0.5, 0.6) is 5.75 Å². The van der Waals surface area contributed by atoms with Crippen molar-refractivity contribution in [1.29, 1.82) is 0 Å². The summed E-state index contributed by atoms with van der Waals surface area (Å²) in [5.41, 5.74) is 1.69. The molecule has 3 aromatic rings. The number of nitrogens with zero attached hydrogens (tertiary/aromatic N) is 2. The van der Waals surface area contributed by atoms with Crippen molar-refractivity contribution >= 4 is 42.6 Å². The van der Waals surface area contributed by atoms with E-state index < -0.39 is 10.0 Å². The lowest BCUT2D eigenvalue weighted by Crippen LogP contribution is -2.36. The van der Waals surface area contributed by atoms with Crippen molar-refractivity contribution in [2.75, 3.05) is 32.1 Å². The van der Waals surface area contributed by atoms with Gasteiger partial charge < -0.3 is 15.0 Å². The molecule has 0 aliphatic heterocycles. The van der Waals surface area contributed by atoms with Crippen LogP contribution in [0.4, 0.5) is 5.13 Å². The third-order valence-corrected chi connectivity index (χ3v) is 6.35. The number of ether oxygens (including phenoxy) is 1. The van der Waals surface area contributed by atoms with Crippen LogP contribution in [0.3, 0.4) is 0 Å². The summed E-state index contributed by atoms with van der Waals surface area (Å²) in [5, 5.41) is 8.68. The third kappa shape index (κ3) is 5.22. The maximum atomic E-state index is 12.2. The van der Waals surface area contributed by atoms with E-state index in [1.54, 1.807) is 24.1 Å². The van der Waals surface area contributed by atoms with E-state index in [4.69, 9.17) is 9.88 Å². The summed E-state index contributed by atoms with van der Waals surface area (Å²) < 4.78 is 28.9. The fraction of sp³-hybridized carbons (Fsp3) is 0.263. The Morgan fingerprint density at radius 3 is 2.62 bits per heavy atom. The predicted molar refractivity (Wildman–Crippen MR) is 114 cm³/mol. The van der Waals surface area contributed by atoms with Gasteiger partial charge in [-0.3, -0.25) is 4.79 Å². The van der Waals surface area contributed by atoms with Gasteiger partial charge in [0.25, 0.3) is 0 Å². The number of amides is 1. The molecule has 0 saturated heterocycles. The zero-order chi connectivity index (χ0) is 21.0. The minimum absolute atomic E-state index is 0.0689. The second-order valence-corrected chi connectivity index (χ2v) is 9.02. The second kappa shape index (κ2) is 8.76. The lowest BCUT2D eigenvalue weighted by molar-refractivity contribution is -0.119. The van der Waals surface area contributed by atoms with Crippen LogP contribution in [0.2, 0.25) is 0 Å². The fourth-order valence-electron chi connectivity index (χ4n) is 2.77. The number of sulfonamides is 1. The minimum Gasteiger partial charge on any atom is -0.494 e. The van der Waals surface area contributed by atoms with Gasteiger partial charge in [0, 0.05) is 13.6 Å². The maximum Gasteiger partial charge on any atom is 0.239 e. The first-order valence-corrected chi connectivity index (χ1v) is 11.2. The van der Waals surface area contributed by atoms with E-state index in [1.165, 1.54) is 23.5 Å². The molecule has 29 heavy (non-hydrogen) atoms. The number of hydrogen-bond acceptors (Lipinski definition) is 7. The maximum absolute atomic E-state index is 12.2. The number of thiazole rings is 1. The van der Waals surface area contributed by atoms with Gasteiger partial charge in [0.15, 0.2) is 5.13 Å². The molecular formula is C19H22N4O4S2. The Balaban J connectivity index is 1.53. The summed E-state index contributed by atoms with van der Waals surface area (Å²) in [5.74, 6) is 0.580. The van der Waals surface area contributed by atoms with E-state index in [0.29, 0.717) is 18.7 Å². The Labute approximate surface area is 173 Å². The number of anilines is 1. The number of benzene rings is 2. The standard InChI is InChI=1S/C19H22N4O4S2/c1-23(19-22-18-15(27-2)4-3-5-16(18)28-19)12-17(24)21-11-10-13-6-8-14(9-7-13)29(20,25)26/h3-9H,10-12H2,1-2H3,(H,21,24)(H2,20,25,26). The van der Waals surface area contributed by atoms with Crippen LogP contribution in [-0.2, 0) is 21.2 Å². The molecule has 154 valence electrons. The Morgan fingerprint density at radius 1 is 1.24 bits per heavy atom. The summed E-state index contributed by atoms with van der Waals surface area (Å²) in [4.78, 5) is 18.7. The molecule has 3 N–H and O–H groups in total. The highest BCUT2D eigenvalue weighted by Gasteiger charge is 2.14. The molecule has 0 fully saturated rings. The molecule has 2 aromatic carbocycles. The zero-order valence-corrected chi connectivity index (χ0v) is 17.7. The van der Waals surface area contributed by atoms with Crippen molar-refractivity contribution in [1.82, 2.24) is 10.3 Å². The van der Waals surface area contributed by atoms with E-state index in [9.17, 15) is 13.2 Å². The van der Waals surface area contributed by atoms with Crippen LogP contribution >= 0.6 is 11.3 Å². The molecule has 0 spiro atoms. The summed E-state index contributed by atoms with van der Waals surface area (Å²) >= 11 is 1.50. The van der Waals surface area contributed by atoms with Crippen molar-refractivity contribution in [3.05, 3.63) is 48.0 Å². The summed E-state index contributed by atoms with van der Waals surface area (Å²) in [6, 6.07) is 12.0. The van der Waals surface area contributed by atoms with Crippen LogP contribution in [0.1, 0.15) is 5.56 Å². The molecule has 1 aromatic heterocycles. The van der Waals surface area contributed by atoms with E-state index in [1.807, 2.05) is 25.2 Å². The first-order valence-electron chi connectivity index (χ1n) is 8.81. The summed E-state index contributed by atoms with van der Waals surface area (Å²) in [6.45, 7) is 0.613. The highest BCUT2D eigenvalue weighted by Crippen LogP contribution is 2.33. The van der Waals surface area contributed by atoms with Crippen LogP contribution in [0.15, 0.2) is 47.4 Å². The number of nitrogens with two attached hydrogens (primary N) is 1. The van der Waals surface area contributed by atoms with Crippen LogP contribution in [0.25, 0.3) is 10.2 Å². The number of likely N-dealkylation sites (N-methyl/N-ethyl adjacent to an activating group) is 1. The van der Waals surface area contributed by atoms with Crippen LogP contribution in [-0.4, -0.2) is 46.6 Å². The topological polar surface area (TPSA) is 115 Å². The second-order valence-electron chi connectivity index (χ2n) is 6.45. The molecule has 1 heterocycles. The lowest BCUT2D eigenvalue weighted by atomic mass is 10.1. The monoisotopic (exact) mass is 434 g/mol. The van der Waals surface area contributed by atoms with Gasteiger partial charge in [0.05, 0.1) is 23.2 Å². The van der Waals surface area contributed by atoms with Gasteiger partial charge in [-0.1, -0.05) is 29.5 Å². The molecule has 0 radical (unpaired) electrons. The SMILES string of the molecule is COc1cccc2sc(N(C)CC(=O)NCCc3ccc(S(N)(=O)=O)cc3)nc12. The van der Waals surface area contributed by atoms with Crippen molar-refractivity contribution in [2.45, 2.75) is 11.3 Å². The number of fused-ring (bicyclic) bond motifs is 1. The average Bonchev–Trinajstić information content (AvgIpc) is 3.12. The molecule has 0 saturated carbocycles. The molecular weight excluding hydrogens is 412 g/mol. The Morgan fingerprint density at radius 2 is 1.97 bits per heavy atom. The number of rotatable bonds is 8. The van der Waals surface area contributed by atoms with E-state index >= 15 is 0 Å². The van der Waals surface area contributed by atoms with E-state index in [2.05, 4.69) is 10.3 Å². The molecule has 8 nitrogen and oxygen atoms in total. The van der Waals surface area contributed by atoms with Crippen LogP contribution in [0, 0.1) is 0 Å². The van der Waals surface area contributed by atoms with Crippen LogP contribution < -0.4 is 20.1 Å². The molecule has 3 rings (SSSR count). The van der Waals surface area contributed by atoms with Gasteiger partial charge >= 0.3 is 0 Å². The largest absolute Gasteiger partial charge is 0.494 e. The first kappa shape index (κ1) is 21.0. The average molecular weight is 435 g/mol. The summed E-state index contributed by atoms with van der Waals surface area (Å²) in [6.07, 6.45) is 0.582. The van der Waals surface area contributed by atoms with Gasteiger partial charge in [-0.2, -0.15) is 0 Å². The third-order valence-electron chi connectivity index (χ3n) is 4.29. The number of carbonyl (C=O) groups is 1. The van der Waals surface area contributed by atoms with Gasteiger partial charge in [0.1, 0.15) is 11.3 Å².